The summed E-state index contributed by atoms with van der Waals surface area (Å²) in [5, 5.41) is 8.87. The molecule has 0 amide bonds. The molecule has 2 nitrogen and oxygen atoms in total. The zero-order valence-electron chi connectivity index (χ0n) is 16.8. The first-order valence-electron chi connectivity index (χ1n) is 10.6. The van der Waals surface area contributed by atoms with Crippen molar-refractivity contribution in [3.8, 4) is 22.9 Å². The third-order valence-corrected chi connectivity index (χ3v) is 4.97. The van der Waals surface area contributed by atoms with Crippen LogP contribution in [0.5, 0.6) is 5.75 Å². The highest BCUT2D eigenvalue weighted by Crippen LogP contribution is 2.23. The van der Waals surface area contributed by atoms with Crippen molar-refractivity contribution in [2.24, 2.45) is 0 Å². The minimum atomic E-state index is 0.690. The molecule has 0 saturated heterocycles. The average molecular weight is 364 g/mol. The van der Waals surface area contributed by atoms with Gasteiger partial charge in [0.1, 0.15) is 5.75 Å². The molecule has 0 unspecified atom stereocenters. The fourth-order valence-corrected chi connectivity index (χ4v) is 3.26. The van der Waals surface area contributed by atoms with E-state index in [1.165, 1.54) is 57.8 Å². The van der Waals surface area contributed by atoms with Crippen molar-refractivity contribution in [1.29, 1.82) is 5.26 Å². The maximum Gasteiger partial charge on any atom is 0.119 e. The maximum atomic E-state index is 8.87. The highest BCUT2D eigenvalue weighted by atomic mass is 16.5. The average Bonchev–Trinajstić information content (AvgIpc) is 2.72. The Labute approximate surface area is 165 Å². The summed E-state index contributed by atoms with van der Waals surface area (Å²) < 4.78 is 5.86. The molecule has 2 heteroatoms. The molecule has 0 N–H and O–H groups in total. The number of benzene rings is 2. The molecule has 0 aromatic heterocycles. The molecule has 0 spiro atoms. The van der Waals surface area contributed by atoms with Crippen molar-refractivity contribution in [2.45, 2.75) is 71.1 Å². The van der Waals surface area contributed by atoms with E-state index in [4.69, 9.17) is 10.00 Å². The molecule has 2 aromatic rings. The van der Waals surface area contributed by atoms with Crippen LogP contribution in [0, 0.1) is 11.3 Å². The van der Waals surface area contributed by atoms with Crippen molar-refractivity contribution in [2.75, 3.05) is 6.61 Å². The third kappa shape index (κ3) is 8.31. The van der Waals surface area contributed by atoms with Crippen molar-refractivity contribution in [1.82, 2.24) is 0 Å². The molecule has 0 radical (unpaired) electrons. The Bertz CT molecular complexity index is 667. The predicted molar refractivity (Wildman–Crippen MR) is 114 cm³/mol. The van der Waals surface area contributed by atoms with E-state index >= 15 is 0 Å². The van der Waals surface area contributed by atoms with Gasteiger partial charge < -0.3 is 4.74 Å². The van der Waals surface area contributed by atoms with Gasteiger partial charge in [-0.15, -0.1) is 0 Å². The second-order valence-electron chi connectivity index (χ2n) is 7.24. The molecule has 0 bridgehead atoms. The van der Waals surface area contributed by atoms with Crippen LogP contribution in [0.4, 0.5) is 0 Å². The number of rotatable bonds is 13. The number of hydrogen-bond donors (Lipinski definition) is 0. The first-order chi connectivity index (χ1) is 13.3. The van der Waals surface area contributed by atoms with Crippen LogP contribution >= 0.6 is 0 Å². The first-order valence-corrected chi connectivity index (χ1v) is 10.6. The monoisotopic (exact) mass is 363 g/mol. The van der Waals surface area contributed by atoms with E-state index in [1.807, 2.05) is 36.4 Å². The fraction of sp³-hybridized carbons (Fsp3) is 0.480. The van der Waals surface area contributed by atoms with Crippen molar-refractivity contribution in [3.05, 3.63) is 54.1 Å². The van der Waals surface area contributed by atoms with E-state index < -0.39 is 0 Å². The van der Waals surface area contributed by atoms with Gasteiger partial charge >= 0.3 is 0 Å². The van der Waals surface area contributed by atoms with E-state index in [9.17, 15) is 0 Å². The zero-order chi connectivity index (χ0) is 19.2. The Morgan fingerprint density at radius 3 is 1.67 bits per heavy atom. The minimum Gasteiger partial charge on any atom is -0.494 e. The lowest BCUT2D eigenvalue weighted by Crippen LogP contribution is -1.97. The van der Waals surface area contributed by atoms with Crippen LogP contribution < -0.4 is 4.74 Å². The van der Waals surface area contributed by atoms with Crippen molar-refractivity contribution < 1.29 is 4.74 Å². The fourth-order valence-electron chi connectivity index (χ4n) is 3.26. The summed E-state index contributed by atoms with van der Waals surface area (Å²) in [5.74, 6) is 0.934. The Kier molecular flexibility index (Phi) is 10.1. The van der Waals surface area contributed by atoms with E-state index in [1.54, 1.807) is 0 Å². The van der Waals surface area contributed by atoms with E-state index in [0.717, 1.165) is 29.9 Å². The first kappa shape index (κ1) is 21.0. The van der Waals surface area contributed by atoms with Crippen molar-refractivity contribution >= 4 is 0 Å². The summed E-state index contributed by atoms with van der Waals surface area (Å²) in [6.45, 7) is 3.07. The summed E-state index contributed by atoms with van der Waals surface area (Å²) in [5.41, 5.74) is 2.95. The van der Waals surface area contributed by atoms with Gasteiger partial charge in [-0.2, -0.15) is 5.26 Å². The van der Waals surface area contributed by atoms with Gasteiger partial charge in [0, 0.05) is 0 Å². The van der Waals surface area contributed by atoms with Gasteiger partial charge in [-0.1, -0.05) is 89.0 Å². The number of hydrogen-bond acceptors (Lipinski definition) is 2. The molecule has 0 aliphatic rings. The van der Waals surface area contributed by atoms with E-state index in [-0.39, 0.29) is 0 Å². The Balaban J connectivity index is 1.57. The van der Waals surface area contributed by atoms with Gasteiger partial charge in [0.15, 0.2) is 0 Å². The quantitative estimate of drug-likeness (QED) is 0.345. The molecule has 2 rings (SSSR count). The molecular formula is C25H33NO. The van der Waals surface area contributed by atoms with Gasteiger partial charge in [-0.3, -0.25) is 0 Å². The van der Waals surface area contributed by atoms with Gasteiger partial charge in [-0.05, 0) is 41.8 Å². The van der Waals surface area contributed by atoms with Crippen LogP contribution in [-0.4, -0.2) is 6.61 Å². The third-order valence-electron chi connectivity index (χ3n) is 4.97. The molecule has 2 aromatic carbocycles. The summed E-state index contributed by atoms with van der Waals surface area (Å²) in [6, 6.07) is 18.0. The van der Waals surface area contributed by atoms with E-state index in [2.05, 4.69) is 25.1 Å². The maximum absolute atomic E-state index is 8.87. The Morgan fingerprint density at radius 1 is 0.667 bits per heavy atom. The largest absolute Gasteiger partial charge is 0.494 e. The highest BCUT2D eigenvalue weighted by molar-refractivity contribution is 5.64. The molecule has 27 heavy (non-hydrogen) atoms. The van der Waals surface area contributed by atoms with Crippen LogP contribution in [0.15, 0.2) is 48.5 Å². The molecule has 0 saturated carbocycles. The van der Waals surface area contributed by atoms with Gasteiger partial charge in [0.2, 0.25) is 0 Å². The number of nitrogens with zero attached hydrogens (tertiary/aromatic N) is 1. The normalized spacial score (nSPS) is 10.5. The summed E-state index contributed by atoms with van der Waals surface area (Å²) >= 11 is 0. The number of ether oxygens (including phenoxy) is 1. The van der Waals surface area contributed by atoms with E-state index in [0.29, 0.717) is 5.56 Å². The second kappa shape index (κ2) is 13.0. The zero-order valence-corrected chi connectivity index (χ0v) is 16.8. The van der Waals surface area contributed by atoms with Gasteiger partial charge in [0.05, 0.1) is 18.2 Å². The lowest BCUT2D eigenvalue weighted by molar-refractivity contribution is 0.304. The molecule has 0 atom stereocenters. The van der Waals surface area contributed by atoms with Crippen molar-refractivity contribution in [3.63, 3.8) is 0 Å². The smallest absolute Gasteiger partial charge is 0.119 e. The summed E-state index contributed by atoms with van der Waals surface area (Å²) in [7, 11) is 0. The molecule has 0 fully saturated rings. The summed E-state index contributed by atoms with van der Waals surface area (Å²) in [6.07, 6.45) is 13.4. The van der Waals surface area contributed by atoms with Crippen LogP contribution in [0.2, 0.25) is 0 Å². The standard InChI is InChI=1S/C25H33NO/c1-2-3-4-5-6-7-8-9-10-11-20-27-25-18-16-24(17-19-25)23-14-12-22(21-26)13-15-23/h12-19H,2-11,20H2,1H3. The number of nitriles is 1. The molecule has 144 valence electrons. The summed E-state index contributed by atoms with van der Waals surface area (Å²) in [4.78, 5) is 0. The Hall–Kier alpha value is -2.27. The topological polar surface area (TPSA) is 33.0 Å². The molecular weight excluding hydrogens is 330 g/mol. The lowest BCUT2D eigenvalue weighted by atomic mass is 10.0. The number of unbranched alkanes of at least 4 members (excludes halogenated alkanes) is 9. The lowest BCUT2D eigenvalue weighted by Gasteiger charge is -2.08. The predicted octanol–water partition coefficient (Wildman–Crippen LogP) is 7.52. The van der Waals surface area contributed by atoms with Gasteiger partial charge in [-0.25, -0.2) is 0 Å². The SMILES string of the molecule is CCCCCCCCCCCCOc1ccc(-c2ccc(C#N)cc2)cc1. The van der Waals surface area contributed by atoms with Gasteiger partial charge in [0.25, 0.3) is 0 Å². The molecule has 0 heterocycles. The second-order valence-corrected chi connectivity index (χ2v) is 7.24. The van der Waals surface area contributed by atoms with Crippen LogP contribution in [0.25, 0.3) is 11.1 Å². The Morgan fingerprint density at radius 2 is 1.15 bits per heavy atom. The minimum absolute atomic E-state index is 0.690. The van der Waals surface area contributed by atoms with Crippen LogP contribution in [0.1, 0.15) is 76.7 Å². The molecule has 0 aliphatic carbocycles. The molecule has 0 aliphatic heterocycles. The van der Waals surface area contributed by atoms with Crippen LogP contribution in [-0.2, 0) is 0 Å². The van der Waals surface area contributed by atoms with Crippen LogP contribution in [0.3, 0.4) is 0 Å². The highest BCUT2D eigenvalue weighted by Gasteiger charge is 2.00.